The molecule has 0 fully saturated rings. The van der Waals surface area contributed by atoms with E-state index in [1.54, 1.807) is 62.4 Å². The average molecular weight is 439 g/mol. The number of amides is 1. The number of anilines is 1. The van der Waals surface area contributed by atoms with E-state index in [2.05, 4.69) is 5.32 Å². The summed E-state index contributed by atoms with van der Waals surface area (Å²) in [5.41, 5.74) is 1.02. The number of nitrogens with zero attached hydrogens (tertiary/aromatic N) is 1. The van der Waals surface area contributed by atoms with Gasteiger partial charge in [0.2, 0.25) is 15.7 Å². The van der Waals surface area contributed by atoms with Crippen molar-refractivity contribution in [2.75, 3.05) is 5.32 Å². The second kappa shape index (κ2) is 8.69. The van der Waals surface area contributed by atoms with E-state index in [4.69, 9.17) is 0 Å². The first-order valence-electron chi connectivity index (χ1n) is 9.53. The number of rotatable bonds is 6. The predicted octanol–water partition coefficient (Wildman–Crippen LogP) is 3.14. The number of carbonyl (C=O) groups is 2. The minimum Gasteiger partial charge on any atom is -0.325 e. The summed E-state index contributed by atoms with van der Waals surface area (Å²) < 4.78 is 27.3. The van der Waals surface area contributed by atoms with Gasteiger partial charge in [0.1, 0.15) is 11.4 Å². The van der Waals surface area contributed by atoms with Crippen LogP contribution in [0.3, 0.4) is 0 Å². The lowest BCUT2D eigenvalue weighted by Gasteiger charge is -2.15. The fraction of sp³-hybridized carbons (Fsp3) is 0.174. The number of sulfone groups is 1. The molecule has 0 spiro atoms. The second-order valence-electron chi connectivity index (χ2n) is 7.19. The van der Waals surface area contributed by atoms with Gasteiger partial charge in [-0.3, -0.25) is 14.4 Å². The minimum atomic E-state index is -4.04. The van der Waals surface area contributed by atoms with E-state index in [9.17, 15) is 22.8 Å². The summed E-state index contributed by atoms with van der Waals surface area (Å²) >= 11 is 0. The van der Waals surface area contributed by atoms with E-state index < -0.39 is 21.3 Å². The summed E-state index contributed by atoms with van der Waals surface area (Å²) in [6, 6.07) is 15.6. The van der Waals surface area contributed by atoms with Gasteiger partial charge in [0, 0.05) is 16.9 Å². The first-order chi connectivity index (χ1) is 14.6. The molecule has 0 aliphatic rings. The van der Waals surface area contributed by atoms with Crippen LogP contribution in [-0.2, 0) is 21.2 Å². The van der Waals surface area contributed by atoms with Crippen molar-refractivity contribution >= 4 is 27.2 Å². The van der Waals surface area contributed by atoms with Gasteiger partial charge in [0.15, 0.2) is 5.78 Å². The van der Waals surface area contributed by atoms with E-state index in [0.29, 0.717) is 22.5 Å². The van der Waals surface area contributed by atoms with Gasteiger partial charge < -0.3 is 9.88 Å². The highest BCUT2D eigenvalue weighted by Crippen LogP contribution is 2.21. The van der Waals surface area contributed by atoms with Crippen molar-refractivity contribution in [3.05, 3.63) is 87.8 Å². The molecule has 1 amide bonds. The van der Waals surface area contributed by atoms with Gasteiger partial charge in [-0.1, -0.05) is 18.2 Å². The highest BCUT2D eigenvalue weighted by molar-refractivity contribution is 7.91. The summed E-state index contributed by atoms with van der Waals surface area (Å²) in [5, 5.41) is 2.66. The first-order valence-corrected chi connectivity index (χ1v) is 11.0. The maximum Gasteiger partial charge on any atom is 0.270 e. The number of pyridine rings is 1. The molecule has 31 heavy (non-hydrogen) atoms. The van der Waals surface area contributed by atoms with Crippen LogP contribution in [-0.4, -0.2) is 24.7 Å². The van der Waals surface area contributed by atoms with Crippen molar-refractivity contribution in [3.8, 4) is 0 Å². The van der Waals surface area contributed by atoms with E-state index >= 15 is 0 Å². The normalized spacial score (nSPS) is 11.2. The van der Waals surface area contributed by atoms with Gasteiger partial charge in [-0.15, -0.1) is 0 Å². The fourth-order valence-corrected chi connectivity index (χ4v) is 4.86. The molecule has 3 rings (SSSR count). The molecule has 0 atom stereocenters. The number of aryl methyl sites for hydroxylation is 2. The number of carbonyl (C=O) groups excluding carboxylic acids is 2. The van der Waals surface area contributed by atoms with Gasteiger partial charge in [0.25, 0.3) is 5.56 Å². The number of nitrogens with one attached hydrogen (secondary N) is 1. The van der Waals surface area contributed by atoms with Gasteiger partial charge >= 0.3 is 0 Å². The molecule has 1 heterocycles. The standard InChI is InChI=1S/C23H22N2O5S/c1-15-13-16(2)25(14-21(27)24-19-11-9-18(10-12-19)17(3)26)23(28)22(15)31(29,30)20-7-5-4-6-8-20/h4-13H,14H2,1-3H3,(H,24,27). The first kappa shape index (κ1) is 22.2. The molecule has 0 aliphatic carbocycles. The van der Waals surface area contributed by atoms with E-state index in [0.717, 1.165) is 4.57 Å². The summed E-state index contributed by atoms with van der Waals surface area (Å²) in [7, 11) is -4.04. The number of benzene rings is 2. The topological polar surface area (TPSA) is 102 Å². The monoisotopic (exact) mass is 438 g/mol. The highest BCUT2D eigenvalue weighted by Gasteiger charge is 2.26. The van der Waals surface area contributed by atoms with Crippen molar-refractivity contribution in [1.82, 2.24) is 4.57 Å². The molecule has 0 unspecified atom stereocenters. The van der Waals surface area contributed by atoms with Crippen LogP contribution < -0.4 is 10.9 Å². The van der Waals surface area contributed by atoms with Crippen LogP contribution in [0.25, 0.3) is 0 Å². The second-order valence-corrected chi connectivity index (χ2v) is 9.07. The Morgan fingerprint density at radius 3 is 2.16 bits per heavy atom. The molecule has 160 valence electrons. The molecule has 0 saturated carbocycles. The molecule has 2 aromatic carbocycles. The van der Waals surface area contributed by atoms with Crippen LogP contribution in [0.5, 0.6) is 0 Å². The average Bonchev–Trinajstić information content (AvgIpc) is 2.72. The number of ketones is 1. The molecule has 0 aliphatic heterocycles. The maximum absolute atomic E-state index is 13.1. The fourth-order valence-electron chi connectivity index (χ4n) is 3.28. The van der Waals surface area contributed by atoms with Crippen LogP contribution in [0.2, 0.25) is 0 Å². The lowest BCUT2D eigenvalue weighted by atomic mass is 10.1. The van der Waals surface area contributed by atoms with E-state index in [-0.39, 0.29) is 22.1 Å². The third kappa shape index (κ3) is 4.64. The maximum atomic E-state index is 13.1. The Hall–Kier alpha value is -3.52. The molecule has 3 aromatic rings. The molecule has 1 N–H and O–H groups in total. The predicted molar refractivity (Wildman–Crippen MR) is 117 cm³/mol. The van der Waals surface area contributed by atoms with Crippen LogP contribution in [0.1, 0.15) is 28.5 Å². The van der Waals surface area contributed by atoms with Crippen molar-refractivity contribution in [2.24, 2.45) is 0 Å². The van der Waals surface area contributed by atoms with Crippen LogP contribution in [0, 0.1) is 13.8 Å². The largest absolute Gasteiger partial charge is 0.325 e. The van der Waals surface area contributed by atoms with Crippen molar-refractivity contribution in [2.45, 2.75) is 37.1 Å². The molecule has 0 saturated heterocycles. The summed E-state index contributed by atoms with van der Waals surface area (Å²) in [5.74, 6) is -0.584. The lowest BCUT2D eigenvalue weighted by molar-refractivity contribution is -0.116. The Morgan fingerprint density at radius 2 is 1.58 bits per heavy atom. The zero-order valence-corrected chi connectivity index (χ0v) is 18.2. The smallest absolute Gasteiger partial charge is 0.270 e. The Morgan fingerprint density at radius 1 is 0.968 bits per heavy atom. The Kier molecular flexibility index (Phi) is 6.21. The van der Waals surface area contributed by atoms with Gasteiger partial charge in [-0.2, -0.15) is 0 Å². The lowest BCUT2D eigenvalue weighted by Crippen LogP contribution is -2.33. The molecule has 7 nitrogen and oxygen atoms in total. The van der Waals surface area contributed by atoms with Crippen molar-refractivity contribution < 1.29 is 18.0 Å². The Bertz CT molecular complexity index is 1310. The van der Waals surface area contributed by atoms with Crippen LogP contribution in [0.4, 0.5) is 5.69 Å². The van der Waals surface area contributed by atoms with Gasteiger partial charge in [0.05, 0.1) is 4.90 Å². The van der Waals surface area contributed by atoms with Gasteiger partial charge in [-0.05, 0) is 68.8 Å². The number of hydrogen-bond acceptors (Lipinski definition) is 5. The summed E-state index contributed by atoms with van der Waals surface area (Å²) in [6.07, 6.45) is 0. The molecule has 8 heteroatoms. The molecular formula is C23H22N2O5S. The van der Waals surface area contributed by atoms with E-state index in [1.807, 2.05) is 0 Å². The molecule has 0 radical (unpaired) electrons. The quantitative estimate of drug-likeness (QED) is 0.596. The number of aromatic nitrogens is 1. The third-order valence-electron chi connectivity index (χ3n) is 4.85. The summed E-state index contributed by atoms with van der Waals surface area (Å²) in [4.78, 5) is 36.7. The minimum absolute atomic E-state index is 0.0145. The third-order valence-corrected chi connectivity index (χ3v) is 6.77. The molecule has 1 aromatic heterocycles. The Balaban J connectivity index is 1.93. The zero-order chi connectivity index (χ0) is 22.8. The summed E-state index contributed by atoms with van der Waals surface area (Å²) in [6.45, 7) is 4.30. The zero-order valence-electron chi connectivity index (χ0n) is 17.4. The van der Waals surface area contributed by atoms with Crippen LogP contribution >= 0.6 is 0 Å². The Labute approximate surface area is 180 Å². The van der Waals surface area contributed by atoms with Crippen LogP contribution in [0.15, 0.2) is 75.2 Å². The molecular weight excluding hydrogens is 416 g/mol. The van der Waals surface area contributed by atoms with Gasteiger partial charge in [-0.25, -0.2) is 8.42 Å². The number of Topliss-reactive ketones (excluding diaryl/α,β-unsaturated/α-hetero) is 1. The van der Waals surface area contributed by atoms with Crippen molar-refractivity contribution in [1.29, 1.82) is 0 Å². The highest BCUT2D eigenvalue weighted by atomic mass is 32.2. The van der Waals surface area contributed by atoms with Crippen molar-refractivity contribution in [3.63, 3.8) is 0 Å². The molecule has 0 bridgehead atoms. The SMILES string of the molecule is CC(=O)c1ccc(NC(=O)Cn2c(C)cc(C)c(S(=O)(=O)c3ccccc3)c2=O)cc1. The van der Waals surface area contributed by atoms with E-state index in [1.165, 1.54) is 19.1 Å². The number of hydrogen-bond donors (Lipinski definition) is 1.